The number of oxazole rings is 1. The van der Waals surface area contributed by atoms with Gasteiger partial charge >= 0.3 is 0 Å². The molecule has 6 heteroatoms. The van der Waals surface area contributed by atoms with Gasteiger partial charge in [0.15, 0.2) is 11.7 Å². The molecule has 156 valence electrons. The van der Waals surface area contributed by atoms with E-state index in [1.165, 1.54) is 11.1 Å². The Morgan fingerprint density at radius 3 is 2.60 bits per heavy atom. The molecule has 4 rings (SSSR count). The Bertz CT molecular complexity index is 992. The van der Waals surface area contributed by atoms with E-state index in [-0.39, 0.29) is 5.91 Å². The molecule has 0 radical (unpaired) electrons. The second-order valence-corrected chi connectivity index (χ2v) is 8.21. The van der Waals surface area contributed by atoms with E-state index in [0.29, 0.717) is 18.7 Å². The van der Waals surface area contributed by atoms with Crippen LogP contribution in [0.3, 0.4) is 0 Å². The summed E-state index contributed by atoms with van der Waals surface area (Å²) in [6.07, 6.45) is 2.68. The highest BCUT2D eigenvalue weighted by atomic mass is 35.5. The lowest BCUT2D eigenvalue weighted by Gasteiger charge is -2.34. The molecule has 1 aliphatic heterocycles. The Hall–Kier alpha value is -2.63. The number of carbonyl (C=O) groups excluding carboxylic acids is 1. The van der Waals surface area contributed by atoms with Gasteiger partial charge in [0.25, 0.3) is 0 Å². The first-order valence-corrected chi connectivity index (χ1v) is 10.7. The van der Waals surface area contributed by atoms with Crippen LogP contribution < -0.4 is 0 Å². The minimum atomic E-state index is 0.160. The Balaban J connectivity index is 1.24. The fraction of sp³-hybridized carbons (Fsp3) is 0.333. The number of carbonyl (C=O) groups is 1. The second-order valence-electron chi connectivity index (χ2n) is 7.77. The lowest BCUT2D eigenvalue weighted by molar-refractivity contribution is -0.133. The van der Waals surface area contributed by atoms with Gasteiger partial charge in [-0.1, -0.05) is 53.6 Å². The maximum absolute atomic E-state index is 12.6. The van der Waals surface area contributed by atoms with Crippen molar-refractivity contribution in [1.29, 1.82) is 0 Å². The van der Waals surface area contributed by atoms with Gasteiger partial charge in [-0.15, -0.1) is 0 Å². The maximum atomic E-state index is 12.6. The average molecular weight is 424 g/mol. The van der Waals surface area contributed by atoms with Gasteiger partial charge in [0.05, 0.1) is 6.20 Å². The summed E-state index contributed by atoms with van der Waals surface area (Å²) in [5, 5.41) is 0.762. The van der Waals surface area contributed by atoms with Crippen molar-refractivity contribution >= 4 is 17.5 Å². The molecule has 2 aromatic carbocycles. The third-order valence-corrected chi connectivity index (χ3v) is 5.70. The van der Waals surface area contributed by atoms with Crippen LogP contribution in [0.25, 0.3) is 11.3 Å². The average Bonchev–Trinajstić information content (AvgIpc) is 3.22. The summed E-state index contributed by atoms with van der Waals surface area (Å²) in [5.74, 6) is 1.51. The number of hydrogen-bond donors (Lipinski definition) is 0. The Labute approximate surface area is 182 Å². The molecule has 30 heavy (non-hydrogen) atoms. The quantitative estimate of drug-likeness (QED) is 0.582. The smallest absolute Gasteiger partial charge is 0.223 e. The number of nitrogens with zero attached hydrogens (tertiary/aromatic N) is 3. The monoisotopic (exact) mass is 423 g/mol. The van der Waals surface area contributed by atoms with Crippen LogP contribution >= 0.6 is 11.6 Å². The molecule has 0 N–H and O–H groups in total. The van der Waals surface area contributed by atoms with Crippen LogP contribution in [0.15, 0.2) is 59.1 Å². The van der Waals surface area contributed by atoms with Crippen molar-refractivity contribution in [2.24, 2.45) is 0 Å². The standard InChI is InChI=1S/C24H26ClN3O2/c1-18-5-7-20(8-6-18)22-16-26-23(30-22)9-10-24(29)28-13-11-27(12-14-28)17-19-3-2-4-21(25)15-19/h2-8,15-16H,9-14,17H2,1H3. The molecular formula is C24H26ClN3O2. The summed E-state index contributed by atoms with van der Waals surface area (Å²) in [6, 6.07) is 16.1. The van der Waals surface area contributed by atoms with Gasteiger partial charge in [-0.25, -0.2) is 4.98 Å². The van der Waals surface area contributed by atoms with Crippen molar-refractivity contribution in [2.75, 3.05) is 26.2 Å². The van der Waals surface area contributed by atoms with E-state index in [1.807, 2.05) is 47.4 Å². The van der Waals surface area contributed by atoms with Crippen LogP contribution in [0.2, 0.25) is 5.02 Å². The van der Waals surface area contributed by atoms with E-state index in [1.54, 1.807) is 6.20 Å². The zero-order valence-corrected chi connectivity index (χ0v) is 17.9. The third kappa shape index (κ3) is 5.29. The fourth-order valence-electron chi connectivity index (χ4n) is 3.70. The topological polar surface area (TPSA) is 49.6 Å². The molecule has 1 aliphatic rings. The molecule has 1 aromatic heterocycles. The fourth-order valence-corrected chi connectivity index (χ4v) is 3.91. The van der Waals surface area contributed by atoms with Gasteiger partial charge < -0.3 is 9.32 Å². The number of amides is 1. The molecule has 0 unspecified atom stereocenters. The van der Waals surface area contributed by atoms with Crippen LogP contribution in [0, 0.1) is 6.92 Å². The summed E-state index contributed by atoms with van der Waals surface area (Å²) in [4.78, 5) is 21.3. The molecule has 5 nitrogen and oxygen atoms in total. The van der Waals surface area contributed by atoms with E-state index < -0.39 is 0 Å². The molecule has 0 atom stereocenters. The molecule has 0 aliphatic carbocycles. The Morgan fingerprint density at radius 1 is 1.10 bits per heavy atom. The third-order valence-electron chi connectivity index (χ3n) is 5.46. The number of halogens is 1. The van der Waals surface area contributed by atoms with Crippen LogP contribution in [-0.2, 0) is 17.8 Å². The van der Waals surface area contributed by atoms with E-state index in [4.69, 9.17) is 16.0 Å². The maximum Gasteiger partial charge on any atom is 0.223 e. The van der Waals surface area contributed by atoms with E-state index in [0.717, 1.165) is 49.1 Å². The summed E-state index contributed by atoms with van der Waals surface area (Å²) in [5.41, 5.74) is 3.41. The summed E-state index contributed by atoms with van der Waals surface area (Å²) in [7, 11) is 0. The molecule has 1 amide bonds. The first kappa shape index (κ1) is 20.6. The van der Waals surface area contributed by atoms with E-state index >= 15 is 0 Å². The largest absolute Gasteiger partial charge is 0.441 e. The van der Waals surface area contributed by atoms with Crippen molar-refractivity contribution in [1.82, 2.24) is 14.8 Å². The van der Waals surface area contributed by atoms with Crippen LogP contribution in [-0.4, -0.2) is 46.9 Å². The number of benzene rings is 2. The number of aryl methyl sites for hydroxylation is 2. The number of hydrogen-bond acceptors (Lipinski definition) is 4. The summed E-state index contributed by atoms with van der Waals surface area (Å²) >= 11 is 6.07. The normalized spacial score (nSPS) is 14.8. The molecule has 0 bridgehead atoms. The van der Waals surface area contributed by atoms with Gasteiger partial charge in [-0.3, -0.25) is 9.69 Å². The molecule has 2 heterocycles. The predicted octanol–water partition coefficient (Wildman–Crippen LogP) is 4.58. The lowest BCUT2D eigenvalue weighted by atomic mass is 10.1. The molecule has 1 saturated heterocycles. The van der Waals surface area contributed by atoms with Gasteiger partial charge in [0, 0.05) is 56.2 Å². The van der Waals surface area contributed by atoms with Gasteiger partial charge in [0.2, 0.25) is 5.91 Å². The minimum absolute atomic E-state index is 0.160. The molecule has 3 aromatic rings. The van der Waals surface area contributed by atoms with Gasteiger partial charge in [-0.2, -0.15) is 0 Å². The molecule has 1 fully saturated rings. The summed E-state index contributed by atoms with van der Waals surface area (Å²) in [6.45, 7) is 6.15. The molecule has 0 saturated carbocycles. The van der Waals surface area contributed by atoms with Crippen molar-refractivity contribution in [2.45, 2.75) is 26.3 Å². The highest BCUT2D eigenvalue weighted by Gasteiger charge is 2.21. The first-order valence-electron chi connectivity index (χ1n) is 10.3. The van der Waals surface area contributed by atoms with Crippen LogP contribution in [0.1, 0.15) is 23.4 Å². The lowest BCUT2D eigenvalue weighted by Crippen LogP contribution is -2.48. The Morgan fingerprint density at radius 2 is 1.87 bits per heavy atom. The van der Waals surface area contributed by atoms with Crippen molar-refractivity contribution in [3.05, 3.63) is 76.8 Å². The van der Waals surface area contributed by atoms with E-state index in [2.05, 4.69) is 22.9 Å². The zero-order chi connectivity index (χ0) is 20.9. The van der Waals surface area contributed by atoms with Crippen molar-refractivity contribution < 1.29 is 9.21 Å². The van der Waals surface area contributed by atoms with Crippen LogP contribution in [0.5, 0.6) is 0 Å². The van der Waals surface area contributed by atoms with Crippen LogP contribution in [0.4, 0.5) is 0 Å². The van der Waals surface area contributed by atoms with Gasteiger partial charge in [-0.05, 0) is 24.6 Å². The highest BCUT2D eigenvalue weighted by Crippen LogP contribution is 2.21. The number of rotatable bonds is 6. The zero-order valence-electron chi connectivity index (χ0n) is 17.2. The second kappa shape index (κ2) is 9.45. The first-order chi connectivity index (χ1) is 14.6. The number of aromatic nitrogens is 1. The van der Waals surface area contributed by atoms with Crippen molar-refractivity contribution in [3.8, 4) is 11.3 Å². The number of piperazine rings is 1. The highest BCUT2D eigenvalue weighted by molar-refractivity contribution is 6.30. The van der Waals surface area contributed by atoms with Crippen molar-refractivity contribution in [3.63, 3.8) is 0 Å². The Kier molecular flexibility index (Phi) is 6.50. The predicted molar refractivity (Wildman–Crippen MR) is 118 cm³/mol. The SMILES string of the molecule is Cc1ccc(-c2cnc(CCC(=O)N3CCN(Cc4cccc(Cl)c4)CC3)o2)cc1. The van der Waals surface area contributed by atoms with E-state index in [9.17, 15) is 4.79 Å². The van der Waals surface area contributed by atoms with Gasteiger partial charge in [0.1, 0.15) is 0 Å². The summed E-state index contributed by atoms with van der Waals surface area (Å²) < 4.78 is 5.84. The minimum Gasteiger partial charge on any atom is -0.441 e. The molecule has 0 spiro atoms. The molecular weight excluding hydrogens is 398 g/mol.